The van der Waals surface area contributed by atoms with E-state index in [0.29, 0.717) is 11.8 Å². The topological polar surface area (TPSA) is 43.4 Å². The number of carbonyl (C=O) groups is 2. The van der Waals surface area contributed by atoms with E-state index in [0.717, 1.165) is 0 Å². The molecule has 0 aromatic carbocycles. The van der Waals surface area contributed by atoms with E-state index >= 15 is 0 Å². The lowest BCUT2D eigenvalue weighted by atomic mass is 9.54. The lowest BCUT2D eigenvalue weighted by Crippen LogP contribution is -2.50. The molecule has 1 saturated heterocycles. The Labute approximate surface area is 97.5 Å². The van der Waals surface area contributed by atoms with Gasteiger partial charge in [-0.25, -0.2) is 0 Å². The van der Waals surface area contributed by atoms with Gasteiger partial charge in [0.05, 0.1) is 10.8 Å². The van der Waals surface area contributed by atoms with Gasteiger partial charge in [-0.1, -0.05) is 24.3 Å². The van der Waals surface area contributed by atoms with Crippen molar-refractivity contribution < 1.29 is 14.3 Å². The summed E-state index contributed by atoms with van der Waals surface area (Å²) in [5.41, 5.74) is -0.976. The van der Waals surface area contributed by atoms with Crippen molar-refractivity contribution in [2.75, 3.05) is 0 Å². The van der Waals surface area contributed by atoms with Crippen LogP contribution < -0.4 is 0 Å². The maximum Gasteiger partial charge on any atom is 0.322 e. The van der Waals surface area contributed by atoms with Crippen molar-refractivity contribution in [3.63, 3.8) is 0 Å². The Bertz CT molecular complexity index is 519. The second-order valence-electron chi connectivity index (χ2n) is 6.44. The average Bonchev–Trinajstić information content (AvgIpc) is 3.06. The number of cyclic esters (lactones) is 2. The normalized spacial score (nSPS) is 69.9. The first-order chi connectivity index (χ1) is 8.25. The molecule has 2 spiro atoms. The third kappa shape index (κ3) is 0.386. The molecule has 6 aliphatic carbocycles. The quantitative estimate of drug-likeness (QED) is 0.350. The van der Waals surface area contributed by atoms with Crippen LogP contribution in [0.2, 0.25) is 0 Å². The minimum atomic E-state index is -0.488. The molecule has 17 heavy (non-hydrogen) atoms. The van der Waals surface area contributed by atoms with E-state index in [1.807, 2.05) is 0 Å². The van der Waals surface area contributed by atoms with Gasteiger partial charge in [0.25, 0.3) is 0 Å². The Morgan fingerprint density at radius 1 is 0.765 bits per heavy atom. The minimum absolute atomic E-state index is 0.219. The molecular formula is C14H10O3. The van der Waals surface area contributed by atoms with Crippen molar-refractivity contribution in [1.29, 1.82) is 0 Å². The van der Waals surface area contributed by atoms with Crippen LogP contribution >= 0.6 is 0 Å². The Morgan fingerprint density at radius 2 is 1.12 bits per heavy atom. The van der Waals surface area contributed by atoms with Gasteiger partial charge in [-0.3, -0.25) is 9.59 Å². The number of carbonyl (C=O) groups excluding carboxylic acids is 2. The molecule has 0 aromatic rings. The first-order valence-corrected chi connectivity index (χ1v) is 6.39. The molecule has 4 unspecified atom stereocenters. The highest BCUT2D eigenvalue weighted by molar-refractivity contribution is 6.07. The smallest absolute Gasteiger partial charge is 0.322 e. The Kier molecular flexibility index (Phi) is 0.798. The monoisotopic (exact) mass is 226 g/mol. The molecule has 1 aliphatic heterocycles. The molecule has 5 fully saturated rings. The number of rotatable bonds is 0. The van der Waals surface area contributed by atoms with Crippen molar-refractivity contribution in [1.82, 2.24) is 0 Å². The zero-order chi connectivity index (χ0) is 11.2. The van der Waals surface area contributed by atoms with Crippen LogP contribution in [0.4, 0.5) is 0 Å². The predicted octanol–water partition coefficient (Wildman–Crippen LogP) is 0.920. The van der Waals surface area contributed by atoms with Crippen LogP contribution in [0.15, 0.2) is 24.3 Å². The maximum absolute atomic E-state index is 12.3. The van der Waals surface area contributed by atoms with Crippen molar-refractivity contribution in [2.45, 2.75) is 0 Å². The summed E-state index contributed by atoms with van der Waals surface area (Å²) in [6, 6.07) is 0. The number of allylic oxidation sites excluding steroid dienone is 4. The highest BCUT2D eigenvalue weighted by Gasteiger charge is 2.96. The molecule has 3 heteroatoms. The van der Waals surface area contributed by atoms with E-state index in [4.69, 9.17) is 4.74 Å². The van der Waals surface area contributed by atoms with Crippen molar-refractivity contribution in [3.05, 3.63) is 24.3 Å². The summed E-state index contributed by atoms with van der Waals surface area (Å²) in [5.74, 6) is 1.76. The molecule has 7 aliphatic rings. The van der Waals surface area contributed by atoms with E-state index in [1.54, 1.807) is 0 Å². The zero-order valence-electron chi connectivity index (χ0n) is 9.00. The molecule has 8 bridgehead atoms. The summed E-state index contributed by atoms with van der Waals surface area (Å²) in [5, 5.41) is 0. The zero-order valence-corrected chi connectivity index (χ0v) is 9.00. The van der Waals surface area contributed by atoms with Crippen LogP contribution in [0.1, 0.15) is 0 Å². The number of hydrogen-bond donors (Lipinski definition) is 0. The molecule has 3 nitrogen and oxygen atoms in total. The van der Waals surface area contributed by atoms with E-state index < -0.39 is 10.8 Å². The van der Waals surface area contributed by atoms with Gasteiger partial charge in [-0.05, 0) is 35.5 Å². The van der Waals surface area contributed by atoms with E-state index in [9.17, 15) is 9.59 Å². The second-order valence-corrected chi connectivity index (χ2v) is 6.44. The van der Waals surface area contributed by atoms with Crippen LogP contribution in [-0.2, 0) is 14.3 Å². The standard InChI is InChI=1S/C14H10O3/c15-11-13-5-1-2-6-9(5)10-7(13)3-4-8(10)14(6,13)12(16)17-11/h1-10H. The summed E-state index contributed by atoms with van der Waals surface area (Å²) >= 11 is 0. The summed E-state index contributed by atoms with van der Waals surface area (Å²) in [4.78, 5) is 24.7. The maximum atomic E-state index is 12.3. The summed E-state index contributed by atoms with van der Waals surface area (Å²) < 4.78 is 5.09. The van der Waals surface area contributed by atoms with E-state index in [2.05, 4.69) is 24.3 Å². The van der Waals surface area contributed by atoms with Gasteiger partial charge in [-0.15, -0.1) is 0 Å². The number of esters is 2. The fraction of sp³-hybridized carbons (Fsp3) is 0.571. The third-order valence-corrected chi connectivity index (χ3v) is 6.80. The molecule has 0 aromatic heterocycles. The lowest BCUT2D eigenvalue weighted by molar-refractivity contribution is -0.157. The second kappa shape index (κ2) is 1.73. The predicted molar refractivity (Wildman–Crippen MR) is 55.2 cm³/mol. The van der Waals surface area contributed by atoms with Gasteiger partial charge in [0.2, 0.25) is 0 Å². The van der Waals surface area contributed by atoms with Crippen molar-refractivity contribution in [3.8, 4) is 0 Å². The first-order valence-electron chi connectivity index (χ1n) is 6.39. The van der Waals surface area contributed by atoms with Crippen LogP contribution in [0.25, 0.3) is 0 Å². The molecule has 4 atom stereocenters. The first kappa shape index (κ1) is 7.85. The average molecular weight is 226 g/mol. The number of ether oxygens (including phenoxy) is 1. The van der Waals surface area contributed by atoms with Gasteiger partial charge < -0.3 is 4.74 Å². The molecule has 0 radical (unpaired) electrons. The van der Waals surface area contributed by atoms with Crippen molar-refractivity contribution >= 4 is 11.9 Å². The van der Waals surface area contributed by atoms with Crippen molar-refractivity contribution in [2.24, 2.45) is 46.3 Å². The fourth-order valence-electron chi connectivity index (χ4n) is 6.90. The van der Waals surface area contributed by atoms with Gasteiger partial charge in [0, 0.05) is 0 Å². The van der Waals surface area contributed by atoms with Gasteiger partial charge in [-0.2, -0.15) is 0 Å². The Balaban J connectivity index is 1.86. The molecule has 84 valence electrons. The highest BCUT2D eigenvalue weighted by Crippen LogP contribution is 2.91. The molecule has 1 heterocycles. The molecular weight excluding hydrogens is 216 g/mol. The largest absolute Gasteiger partial charge is 0.392 e. The highest BCUT2D eigenvalue weighted by atomic mass is 16.6. The summed E-state index contributed by atoms with van der Waals surface area (Å²) in [6.07, 6.45) is 8.76. The van der Waals surface area contributed by atoms with E-state index in [-0.39, 0.29) is 35.6 Å². The fourth-order valence-corrected chi connectivity index (χ4v) is 6.90. The van der Waals surface area contributed by atoms with Gasteiger partial charge >= 0.3 is 11.9 Å². The summed E-state index contributed by atoms with van der Waals surface area (Å²) in [6.45, 7) is 0. The van der Waals surface area contributed by atoms with Gasteiger partial charge in [0.15, 0.2) is 0 Å². The van der Waals surface area contributed by atoms with Crippen LogP contribution in [0.5, 0.6) is 0 Å². The van der Waals surface area contributed by atoms with E-state index in [1.165, 1.54) is 0 Å². The Hall–Kier alpha value is -1.38. The van der Waals surface area contributed by atoms with Crippen LogP contribution in [0, 0.1) is 46.3 Å². The molecule has 0 N–H and O–H groups in total. The van der Waals surface area contributed by atoms with Crippen LogP contribution in [0.3, 0.4) is 0 Å². The molecule has 0 amide bonds. The summed E-state index contributed by atoms with van der Waals surface area (Å²) in [7, 11) is 0. The third-order valence-electron chi connectivity index (χ3n) is 6.80. The minimum Gasteiger partial charge on any atom is -0.392 e. The number of hydrogen-bond acceptors (Lipinski definition) is 3. The SMILES string of the molecule is O=C1OC(=O)C23C4C=CC5C4C4C(C=CC42)C153. The molecule has 4 saturated carbocycles. The van der Waals surface area contributed by atoms with Crippen LogP contribution in [-0.4, -0.2) is 11.9 Å². The molecule has 7 rings (SSSR count). The van der Waals surface area contributed by atoms with Gasteiger partial charge in [0.1, 0.15) is 0 Å². The Morgan fingerprint density at radius 3 is 1.47 bits per heavy atom. The lowest BCUT2D eigenvalue weighted by Gasteiger charge is -2.41.